The summed E-state index contributed by atoms with van der Waals surface area (Å²) < 4.78 is 1.86. The molecule has 1 heterocycles. The van der Waals surface area contributed by atoms with Gasteiger partial charge in [0.15, 0.2) is 0 Å². The highest BCUT2D eigenvalue weighted by Gasteiger charge is 2.54. The van der Waals surface area contributed by atoms with Gasteiger partial charge in [-0.3, -0.25) is 9.48 Å². The van der Waals surface area contributed by atoms with Gasteiger partial charge in [-0.15, -0.1) is 0 Å². The summed E-state index contributed by atoms with van der Waals surface area (Å²) in [6.07, 6.45) is 11.3. The Morgan fingerprint density at radius 1 is 1.25 bits per heavy atom. The molecule has 0 saturated heterocycles. The average molecular weight is 329 g/mol. The molecule has 0 radical (unpaired) electrons. The Morgan fingerprint density at radius 3 is 2.29 bits per heavy atom. The van der Waals surface area contributed by atoms with Crippen LogP contribution in [0, 0.1) is 30.1 Å². The first kappa shape index (κ1) is 16.2. The van der Waals surface area contributed by atoms with Crippen LogP contribution < -0.4 is 5.32 Å². The van der Waals surface area contributed by atoms with Crippen LogP contribution in [0.2, 0.25) is 0 Å². The Bertz CT molecular complexity index is 598. The van der Waals surface area contributed by atoms with Crippen LogP contribution >= 0.6 is 0 Å². The predicted molar refractivity (Wildman–Crippen MR) is 94.8 cm³/mol. The lowest BCUT2D eigenvalue weighted by Gasteiger charge is -2.59. The van der Waals surface area contributed by atoms with Gasteiger partial charge in [0.1, 0.15) is 0 Å². The molecule has 5 rings (SSSR count). The molecule has 0 aliphatic heterocycles. The third-order valence-corrected chi connectivity index (χ3v) is 7.05. The smallest absolute Gasteiger partial charge is 0.254 e. The van der Waals surface area contributed by atoms with Gasteiger partial charge in [0, 0.05) is 18.8 Å². The molecular weight excluding hydrogens is 298 g/mol. The standard InChI is InChI=1S/C20H31N3O/c1-4-18(21-19(24)17-12-23(5-2)22-13(17)3)20-9-14-6-15(10-20)8-16(7-14)11-20/h12,14-16,18H,4-11H2,1-3H3,(H,21,24). The largest absolute Gasteiger partial charge is 0.349 e. The molecule has 1 unspecified atom stereocenters. The Balaban J connectivity index is 1.53. The third-order valence-electron chi connectivity index (χ3n) is 7.05. The minimum Gasteiger partial charge on any atom is -0.349 e. The number of nitrogens with one attached hydrogen (secondary N) is 1. The number of carbonyl (C=O) groups excluding carboxylic acids is 1. The molecule has 0 spiro atoms. The molecular formula is C20H31N3O. The van der Waals surface area contributed by atoms with Gasteiger partial charge < -0.3 is 5.32 Å². The van der Waals surface area contributed by atoms with Gasteiger partial charge in [-0.05, 0) is 82.0 Å². The van der Waals surface area contributed by atoms with Gasteiger partial charge in [-0.25, -0.2) is 0 Å². The summed E-state index contributed by atoms with van der Waals surface area (Å²) >= 11 is 0. The molecule has 4 saturated carbocycles. The Hall–Kier alpha value is -1.32. The van der Waals surface area contributed by atoms with Gasteiger partial charge >= 0.3 is 0 Å². The molecule has 4 nitrogen and oxygen atoms in total. The summed E-state index contributed by atoms with van der Waals surface area (Å²) in [5, 5.41) is 7.86. The quantitative estimate of drug-likeness (QED) is 0.889. The lowest BCUT2D eigenvalue weighted by molar-refractivity contribution is -0.0727. The van der Waals surface area contributed by atoms with Crippen molar-refractivity contribution in [2.45, 2.75) is 78.3 Å². The van der Waals surface area contributed by atoms with E-state index in [0.29, 0.717) is 11.5 Å². The average Bonchev–Trinajstić information content (AvgIpc) is 2.92. The van der Waals surface area contributed by atoms with Crippen molar-refractivity contribution in [1.82, 2.24) is 15.1 Å². The molecule has 4 fully saturated rings. The topological polar surface area (TPSA) is 46.9 Å². The first-order valence-electron chi connectivity index (χ1n) is 9.88. The van der Waals surface area contributed by atoms with Crippen LogP contribution in [0.4, 0.5) is 0 Å². The molecule has 4 heteroatoms. The number of rotatable bonds is 5. The van der Waals surface area contributed by atoms with E-state index in [1.54, 1.807) is 0 Å². The molecule has 1 atom stereocenters. The van der Waals surface area contributed by atoms with Crippen molar-refractivity contribution in [1.29, 1.82) is 0 Å². The third kappa shape index (κ3) is 2.58. The molecule has 1 N–H and O–H groups in total. The number of hydrogen-bond donors (Lipinski definition) is 1. The molecule has 1 aromatic heterocycles. The number of hydrogen-bond acceptors (Lipinski definition) is 2. The molecule has 4 aliphatic rings. The van der Waals surface area contributed by atoms with Crippen molar-refractivity contribution in [2.24, 2.45) is 23.2 Å². The van der Waals surface area contributed by atoms with E-state index in [0.717, 1.165) is 42.0 Å². The van der Waals surface area contributed by atoms with E-state index in [2.05, 4.69) is 24.3 Å². The summed E-state index contributed by atoms with van der Waals surface area (Å²) in [5.74, 6) is 2.85. The van der Waals surface area contributed by atoms with E-state index in [1.807, 2.05) is 17.8 Å². The molecule has 0 aromatic carbocycles. The van der Waals surface area contributed by atoms with E-state index in [4.69, 9.17) is 0 Å². The van der Waals surface area contributed by atoms with Crippen LogP contribution in [0.1, 0.15) is 74.8 Å². The SMILES string of the molecule is CCC(NC(=O)c1cn(CC)nc1C)C12CC3CC(CC(C3)C1)C2. The van der Waals surface area contributed by atoms with Crippen molar-refractivity contribution < 1.29 is 4.79 Å². The molecule has 1 aromatic rings. The number of aromatic nitrogens is 2. The predicted octanol–water partition coefficient (Wildman–Crippen LogP) is 3.94. The van der Waals surface area contributed by atoms with Crippen molar-refractivity contribution in [3.8, 4) is 0 Å². The van der Waals surface area contributed by atoms with Gasteiger partial charge in [-0.2, -0.15) is 5.10 Å². The second kappa shape index (κ2) is 5.89. The summed E-state index contributed by atoms with van der Waals surface area (Å²) in [6, 6.07) is 0.322. The fraction of sp³-hybridized carbons (Fsp3) is 0.800. The van der Waals surface area contributed by atoms with Crippen LogP contribution in [-0.2, 0) is 6.54 Å². The summed E-state index contributed by atoms with van der Waals surface area (Å²) in [5.41, 5.74) is 1.96. The van der Waals surface area contributed by atoms with Crippen molar-refractivity contribution in [3.05, 3.63) is 17.5 Å². The lowest BCUT2D eigenvalue weighted by atomic mass is 9.47. The monoisotopic (exact) mass is 329 g/mol. The maximum Gasteiger partial charge on any atom is 0.254 e. The second-order valence-corrected chi connectivity index (χ2v) is 8.70. The zero-order chi connectivity index (χ0) is 16.9. The second-order valence-electron chi connectivity index (χ2n) is 8.70. The normalized spacial score (nSPS) is 35.2. The Labute approximate surface area is 145 Å². The Morgan fingerprint density at radius 2 is 1.83 bits per heavy atom. The molecule has 24 heavy (non-hydrogen) atoms. The van der Waals surface area contributed by atoms with E-state index in [-0.39, 0.29) is 5.91 Å². The zero-order valence-corrected chi connectivity index (χ0v) is 15.3. The summed E-state index contributed by atoms with van der Waals surface area (Å²) in [4.78, 5) is 12.9. The van der Waals surface area contributed by atoms with E-state index in [1.165, 1.54) is 38.5 Å². The zero-order valence-electron chi connectivity index (χ0n) is 15.3. The van der Waals surface area contributed by atoms with Crippen molar-refractivity contribution in [2.75, 3.05) is 0 Å². The summed E-state index contributed by atoms with van der Waals surface area (Å²) in [7, 11) is 0. The maximum absolute atomic E-state index is 12.9. The minimum absolute atomic E-state index is 0.0785. The molecule has 4 bridgehead atoms. The highest BCUT2D eigenvalue weighted by Crippen LogP contribution is 2.61. The van der Waals surface area contributed by atoms with Crippen molar-refractivity contribution in [3.63, 3.8) is 0 Å². The van der Waals surface area contributed by atoms with E-state index >= 15 is 0 Å². The molecule has 4 aliphatic carbocycles. The van der Waals surface area contributed by atoms with E-state index in [9.17, 15) is 4.79 Å². The van der Waals surface area contributed by atoms with Gasteiger partial charge in [-0.1, -0.05) is 6.92 Å². The number of amides is 1. The fourth-order valence-electron chi connectivity index (χ4n) is 6.43. The van der Waals surface area contributed by atoms with Crippen LogP contribution in [0.5, 0.6) is 0 Å². The van der Waals surface area contributed by atoms with Crippen LogP contribution in [0.25, 0.3) is 0 Å². The first-order valence-corrected chi connectivity index (χ1v) is 9.88. The first-order chi connectivity index (χ1) is 11.5. The maximum atomic E-state index is 12.9. The number of carbonyl (C=O) groups is 1. The lowest BCUT2D eigenvalue weighted by Crippen LogP contribution is -2.56. The Kier molecular flexibility index (Phi) is 3.97. The number of aryl methyl sites for hydroxylation is 2. The van der Waals surface area contributed by atoms with Crippen LogP contribution in [-0.4, -0.2) is 21.7 Å². The van der Waals surface area contributed by atoms with E-state index < -0.39 is 0 Å². The van der Waals surface area contributed by atoms with Gasteiger partial charge in [0.2, 0.25) is 0 Å². The number of nitrogens with zero attached hydrogens (tertiary/aromatic N) is 2. The van der Waals surface area contributed by atoms with Crippen molar-refractivity contribution >= 4 is 5.91 Å². The molecule has 132 valence electrons. The minimum atomic E-state index is 0.0785. The van der Waals surface area contributed by atoms with Crippen LogP contribution in [0.3, 0.4) is 0 Å². The van der Waals surface area contributed by atoms with Gasteiger partial charge in [0.25, 0.3) is 5.91 Å². The highest BCUT2D eigenvalue weighted by atomic mass is 16.1. The van der Waals surface area contributed by atoms with Crippen LogP contribution in [0.15, 0.2) is 6.20 Å². The van der Waals surface area contributed by atoms with Gasteiger partial charge in [0.05, 0.1) is 11.3 Å². The fourth-order valence-corrected chi connectivity index (χ4v) is 6.43. The highest BCUT2D eigenvalue weighted by molar-refractivity contribution is 5.95. The molecule has 1 amide bonds. The summed E-state index contributed by atoms with van der Waals surface area (Å²) in [6.45, 7) is 7.04.